The van der Waals surface area contributed by atoms with E-state index < -0.39 is 5.82 Å². The molecule has 0 bridgehead atoms. The fraction of sp³-hybridized carbons (Fsp3) is 0.250. The van der Waals surface area contributed by atoms with Gasteiger partial charge in [0.2, 0.25) is 0 Å². The molecule has 2 aromatic rings. The number of hydrogen-bond donors (Lipinski definition) is 2. The smallest absolute Gasteiger partial charge is 0.167 e. The fourth-order valence-electron chi connectivity index (χ4n) is 1.88. The van der Waals surface area contributed by atoms with E-state index >= 15 is 0 Å². The first kappa shape index (κ1) is 15.4. The number of nitrogen functional groups attached to an aromatic ring is 1. The highest BCUT2D eigenvalue weighted by molar-refractivity contribution is 6.33. The van der Waals surface area contributed by atoms with Gasteiger partial charge in [0, 0.05) is 12.1 Å². The molecule has 21 heavy (non-hydrogen) atoms. The van der Waals surface area contributed by atoms with Gasteiger partial charge in [0.1, 0.15) is 0 Å². The molecule has 0 fully saturated rings. The summed E-state index contributed by atoms with van der Waals surface area (Å²) in [6, 6.07) is 8.42. The molecule has 0 aliphatic carbocycles. The highest BCUT2D eigenvalue weighted by Gasteiger charge is 2.10. The summed E-state index contributed by atoms with van der Waals surface area (Å²) < 4.78 is 19.1. The van der Waals surface area contributed by atoms with Crippen molar-refractivity contribution in [2.75, 3.05) is 17.7 Å². The second kappa shape index (κ2) is 6.68. The Morgan fingerprint density at radius 2 is 2.00 bits per heavy atom. The van der Waals surface area contributed by atoms with E-state index in [1.807, 2.05) is 26.0 Å². The van der Waals surface area contributed by atoms with E-state index in [-0.39, 0.29) is 5.75 Å². The molecule has 0 aromatic heterocycles. The van der Waals surface area contributed by atoms with Gasteiger partial charge in [-0.3, -0.25) is 0 Å². The minimum Gasteiger partial charge on any atom is -0.490 e. The van der Waals surface area contributed by atoms with Gasteiger partial charge in [-0.25, -0.2) is 4.39 Å². The van der Waals surface area contributed by atoms with Crippen LogP contribution in [-0.2, 0) is 0 Å². The first-order valence-electron chi connectivity index (χ1n) is 6.76. The lowest BCUT2D eigenvalue weighted by molar-refractivity contribution is 0.301. The van der Waals surface area contributed by atoms with Crippen LogP contribution in [0.5, 0.6) is 5.75 Å². The first-order valence-corrected chi connectivity index (χ1v) is 7.14. The minimum absolute atomic E-state index is 0.178. The number of hydrogen-bond acceptors (Lipinski definition) is 3. The van der Waals surface area contributed by atoms with Gasteiger partial charge in [-0.1, -0.05) is 24.6 Å². The molecule has 0 saturated heterocycles. The van der Waals surface area contributed by atoms with Crippen LogP contribution in [0, 0.1) is 12.7 Å². The van der Waals surface area contributed by atoms with Gasteiger partial charge in [0.05, 0.1) is 28.7 Å². The SMILES string of the molecule is CCCOc1cc(Nc2cc(C)ccc2Cl)c(N)cc1F. The van der Waals surface area contributed by atoms with Crippen LogP contribution in [0.3, 0.4) is 0 Å². The zero-order chi connectivity index (χ0) is 15.4. The van der Waals surface area contributed by atoms with Gasteiger partial charge in [-0.2, -0.15) is 0 Å². The van der Waals surface area contributed by atoms with Gasteiger partial charge in [-0.15, -0.1) is 0 Å². The Kier molecular flexibility index (Phi) is 4.91. The molecule has 3 N–H and O–H groups in total. The lowest BCUT2D eigenvalue weighted by Gasteiger charge is -2.14. The molecule has 0 aliphatic rings. The van der Waals surface area contributed by atoms with Crippen LogP contribution >= 0.6 is 11.6 Å². The van der Waals surface area contributed by atoms with E-state index in [1.165, 1.54) is 6.07 Å². The number of rotatable bonds is 5. The predicted octanol–water partition coefficient (Wildman–Crippen LogP) is 4.90. The van der Waals surface area contributed by atoms with Crippen molar-refractivity contribution in [2.24, 2.45) is 0 Å². The molecule has 0 aliphatic heterocycles. The van der Waals surface area contributed by atoms with Crippen molar-refractivity contribution in [3.63, 3.8) is 0 Å². The van der Waals surface area contributed by atoms with Crippen molar-refractivity contribution in [3.05, 3.63) is 46.7 Å². The largest absolute Gasteiger partial charge is 0.490 e. The summed E-state index contributed by atoms with van der Waals surface area (Å²) in [4.78, 5) is 0. The third-order valence-corrected chi connectivity index (χ3v) is 3.29. The molecule has 112 valence electrons. The minimum atomic E-state index is -0.471. The van der Waals surface area contributed by atoms with Crippen molar-refractivity contribution in [3.8, 4) is 5.75 Å². The van der Waals surface area contributed by atoms with E-state index in [4.69, 9.17) is 22.1 Å². The zero-order valence-electron chi connectivity index (χ0n) is 12.0. The molecule has 0 atom stereocenters. The fourth-order valence-corrected chi connectivity index (χ4v) is 2.04. The Hall–Kier alpha value is -1.94. The van der Waals surface area contributed by atoms with Crippen molar-refractivity contribution < 1.29 is 9.13 Å². The normalized spacial score (nSPS) is 10.5. The van der Waals surface area contributed by atoms with E-state index in [9.17, 15) is 4.39 Å². The summed E-state index contributed by atoms with van der Waals surface area (Å²) in [7, 11) is 0. The summed E-state index contributed by atoms with van der Waals surface area (Å²) in [6.07, 6.45) is 0.802. The van der Waals surface area contributed by atoms with Crippen LogP contribution in [0.2, 0.25) is 5.02 Å². The van der Waals surface area contributed by atoms with Gasteiger partial charge in [0.25, 0.3) is 0 Å². The van der Waals surface area contributed by atoms with Gasteiger partial charge in [0.15, 0.2) is 11.6 Å². The van der Waals surface area contributed by atoms with Crippen LogP contribution in [-0.4, -0.2) is 6.61 Å². The molecule has 0 unspecified atom stereocenters. The van der Waals surface area contributed by atoms with Crippen molar-refractivity contribution in [1.29, 1.82) is 0 Å². The van der Waals surface area contributed by atoms with Gasteiger partial charge >= 0.3 is 0 Å². The highest BCUT2D eigenvalue weighted by Crippen LogP contribution is 2.33. The molecule has 0 heterocycles. The Morgan fingerprint density at radius 1 is 1.24 bits per heavy atom. The molecular weight excluding hydrogens is 291 g/mol. The Morgan fingerprint density at radius 3 is 2.71 bits per heavy atom. The van der Waals surface area contributed by atoms with Crippen LogP contribution in [0.1, 0.15) is 18.9 Å². The predicted molar refractivity (Wildman–Crippen MR) is 86.1 cm³/mol. The standard InChI is InChI=1S/C16H18ClFN2O/c1-3-6-21-16-9-15(13(19)8-12(16)18)20-14-7-10(2)4-5-11(14)17/h4-5,7-9,20H,3,6,19H2,1-2H3. The quantitative estimate of drug-likeness (QED) is 0.772. The van der Waals surface area contributed by atoms with Crippen LogP contribution in [0.15, 0.2) is 30.3 Å². The number of nitrogens with one attached hydrogen (secondary N) is 1. The van der Waals surface area contributed by atoms with Crippen molar-refractivity contribution in [1.82, 2.24) is 0 Å². The van der Waals surface area contributed by atoms with Gasteiger partial charge < -0.3 is 15.8 Å². The van der Waals surface area contributed by atoms with Crippen LogP contribution < -0.4 is 15.8 Å². The number of aryl methyl sites for hydroxylation is 1. The number of halogens is 2. The first-order chi connectivity index (χ1) is 10.0. The lowest BCUT2D eigenvalue weighted by Crippen LogP contribution is -2.02. The average Bonchev–Trinajstić information content (AvgIpc) is 2.44. The van der Waals surface area contributed by atoms with E-state index in [1.54, 1.807) is 12.1 Å². The molecule has 2 aromatic carbocycles. The molecule has 0 saturated carbocycles. The Bertz CT molecular complexity index is 646. The maximum atomic E-state index is 13.8. The number of benzene rings is 2. The van der Waals surface area contributed by atoms with Crippen LogP contribution in [0.25, 0.3) is 0 Å². The summed E-state index contributed by atoms with van der Waals surface area (Å²) in [5, 5.41) is 3.69. The third kappa shape index (κ3) is 3.79. The summed E-state index contributed by atoms with van der Waals surface area (Å²) in [5.41, 5.74) is 8.50. The number of nitrogens with two attached hydrogens (primary N) is 1. The van der Waals surface area contributed by atoms with E-state index in [2.05, 4.69) is 5.32 Å². The molecule has 0 radical (unpaired) electrons. The van der Waals surface area contributed by atoms with E-state index in [0.29, 0.717) is 23.0 Å². The average molecular weight is 309 g/mol. The van der Waals surface area contributed by atoms with Crippen molar-refractivity contribution in [2.45, 2.75) is 20.3 Å². The van der Waals surface area contributed by atoms with Crippen LogP contribution in [0.4, 0.5) is 21.5 Å². The Balaban J connectivity index is 2.32. The Labute approximate surface area is 128 Å². The summed E-state index contributed by atoms with van der Waals surface area (Å²) in [5.74, 6) is -0.292. The highest BCUT2D eigenvalue weighted by atomic mass is 35.5. The third-order valence-electron chi connectivity index (χ3n) is 2.96. The molecular formula is C16H18ClFN2O. The summed E-state index contributed by atoms with van der Waals surface area (Å²) >= 11 is 6.14. The maximum absolute atomic E-state index is 13.8. The summed E-state index contributed by atoms with van der Waals surface area (Å²) in [6.45, 7) is 4.37. The molecule has 0 amide bonds. The second-order valence-electron chi connectivity index (χ2n) is 4.83. The zero-order valence-corrected chi connectivity index (χ0v) is 12.8. The molecule has 3 nitrogen and oxygen atoms in total. The molecule has 2 rings (SSSR count). The van der Waals surface area contributed by atoms with E-state index in [0.717, 1.165) is 17.7 Å². The monoisotopic (exact) mass is 308 g/mol. The second-order valence-corrected chi connectivity index (χ2v) is 5.23. The lowest BCUT2D eigenvalue weighted by atomic mass is 10.2. The maximum Gasteiger partial charge on any atom is 0.167 e. The topological polar surface area (TPSA) is 47.3 Å². The van der Waals surface area contributed by atoms with Crippen molar-refractivity contribution >= 4 is 28.7 Å². The molecule has 0 spiro atoms. The molecule has 5 heteroatoms. The number of anilines is 3. The number of ether oxygens (including phenoxy) is 1. The van der Waals surface area contributed by atoms with Gasteiger partial charge in [-0.05, 0) is 31.0 Å².